The van der Waals surface area contributed by atoms with E-state index in [-0.39, 0.29) is 17.9 Å². The molecule has 1 saturated heterocycles. The Balaban J connectivity index is 0.00000112. The van der Waals surface area contributed by atoms with Crippen molar-refractivity contribution in [1.82, 2.24) is 15.2 Å². The van der Waals surface area contributed by atoms with Gasteiger partial charge in [0.15, 0.2) is 6.39 Å². The van der Waals surface area contributed by atoms with Crippen LogP contribution in [0.3, 0.4) is 0 Å². The van der Waals surface area contributed by atoms with Crippen molar-refractivity contribution < 1.29 is 4.42 Å². The van der Waals surface area contributed by atoms with E-state index in [9.17, 15) is 0 Å². The van der Waals surface area contributed by atoms with Crippen LogP contribution in [0.5, 0.6) is 0 Å². The van der Waals surface area contributed by atoms with Gasteiger partial charge >= 0.3 is 0 Å². The van der Waals surface area contributed by atoms with Crippen molar-refractivity contribution in [2.24, 2.45) is 0 Å². The molecular formula is C10H18ClN3O. The monoisotopic (exact) mass is 231 g/mol. The topological polar surface area (TPSA) is 41.3 Å². The molecule has 1 aromatic heterocycles. The average Bonchev–Trinajstić information content (AvgIpc) is 2.61. The first-order valence-electron chi connectivity index (χ1n) is 5.01. The Kier molecular flexibility index (Phi) is 4.13. The molecule has 4 nitrogen and oxygen atoms in total. The lowest BCUT2D eigenvalue weighted by molar-refractivity contribution is 0.0814. The first-order chi connectivity index (χ1) is 6.68. The van der Waals surface area contributed by atoms with Crippen LogP contribution in [0.1, 0.15) is 19.5 Å². The Morgan fingerprint density at radius 1 is 1.60 bits per heavy atom. The maximum atomic E-state index is 4.97. The van der Waals surface area contributed by atoms with Gasteiger partial charge in [-0.15, -0.1) is 12.4 Å². The number of nitrogens with one attached hydrogen (secondary N) is 1. The molecule has 0 spiro atoms. The van der Waals surface area contributed by atoms with Gasteiger partial charge in [-0.3, -0.25) is 4.90 Å². The molecular weight excluding hydrogens is 214 g/mol. The number of rotatable bonds is 2. The van der Waals surface area contributed by atoms with Crippen LogP contribution in [0.15, 0.2) is 17.1 Å². The molecule has 0 aromatic carbocycles. The van der Waals surface area contributed by atoms with E-state index in [2.05, 4.69) is 29.0 Å². The number of oxazole rings is 1. The molecule has 0 unspecified atom stereocenters. The molecule has 1 aliphatic rings. The van der Waals surface area contributed by atoms with Gasteiger partial charge in [0.2, 0.25) is 0 Å². The van der Waals surface area contributed by atoms with Crippen molar-refractivity contribution in [1.29, 1.82) is 0 Å². The maximum absolute atomic E-state index is 4.97. The molecule has 1 N–H and O–H groups in total. The summed E-state index contributed by atoms with van der Waals surface area (Å²) in [5.41, 5.74) is 1.22. The van der Waals surface area contributed by atoms with E-state index in [1.54, 1.807) is 6.26 Å². The predicted octanol–water partition coefficient (Wildman–Crippen LogP) is 1.28. The molecule has 15 heavy (non-hydrogen) atoms. The molecule has 0 amide bonds. The molecule has 0 saturated carbocycles. The van der Waals surface area contributed by atoms with E-state index < -0.39 is 0 Å². The highest BCUT2D eigenvalue weighted by atomic mass is 35.5. The largest absolute Gasteiger partial charge is 0.451 e. The van der Waals surface area contributed by atoms with Crippen LogP contribution in [0.4, 0.5) is 0 Å². The van der Waals surface area contributed by atoms with Crippen LogP contribution in [-0.4, -0.2) is 35.1 Å². The second-order valence-electron chi connectivity index (χ2n) is 4.39. The summed E-state index contributed by atoms with van der Waals surface area (Å²) in [5, 5.41) is 3.40. The van der Waals surface area contributed by atoms with Crippen molar-refractivity contribution in [3.05, 3.63) is 18.4 Å². The summed E-state index contributed by atoms with van der Waals surface area (Å²) in [6, 6.07) is 0. The number of nitrogens with zero attached hydrogens (tertiary/aromatic N) is 2. The molecule has 0 aliphatic carbocycles. The number of hydrogen-bond donors (Lipinski definition) is 1. The van der Waals surface area contributed by atoms with Gasteiger partial charge in [-0.05, 0) is 13.8 Å². The second kappa shape index (κ2) is 4.96. The van der Waals surface area contributed by atoms with Crippen LogP contribution in [0, 0.1) is 0 Å². The minimum atomic E-state index is 0. The SMILES string of the molecule is CC1(C)CNCCN1Cc1cocn1.Cl. The van der Waals surface area contributed by atoms with Crippen LogP contribution in [0.2, 0.25) is 0 Å². The summed E-state index contributed by atoms with van der Waals surface area (Å²) in [6.45, 7) is 8.54. The molecule has 86 valence electrons. The van der Waals surface area contributed by atoms with Gasteiger partial charge < -0.3 is 9.73 Å². The third-order valence-corrected chi connectivity index (χ3v) is 2.81. The lowest BCUT2D eigenvalue weighted by Gasteiger charge is -2.42. The number of aromatic nitrogens is 1. The molecule has 2 heterocycles. The van der Waals surface area contributed by atoms with E-state index in [0.29, 0.717) is 0 Å². The van der Waals surface area contributed by atoms with Gasteiger partial charge in [0.1, 0.15) is 6.26 Å². The summed E-state index contributed by atoms with van der Waals surface area (Å²) in [5.74, 6) is 0. The van der Waals surface area contributed by atoms with E-state index in [1.807, 2.05) is 0 Å². The molecule has 1 fully saturated rings. The zero-order valence-corrected chi connectivity index (χ0v) is 10.0. The molecule has 0 bridgehead atoms. The summed E-state index contributed by atoms with van der Waals surface area (Å²) in [7, 11) is 0. The highest BCUT2D eigenvalue weighted by Gasteiger charge is 2.29. The molecule has 5 heteroatoms. The van der Waals surface area contributed by atoms with Gasteiger partial charge in [-0.1, -0.05) is 0 Å². The Morgan fingerprint density at radius 2 is 2.40 bits per heavy atom. The predicted molar refractivity (Wildman–Crippen MR) is 61.1 cm³/mol. The fraction of sp³-hybridized carbons (Fsp3) is 0.700. The van der Waals surface area contributed by atoms with Gasteiger partial charge in [0.25, 0.3) is 0 Å². The molecule has 0 atom stereocenters. The Labute approximate surface area is 96.5 Å². The van der Waals surface area contributed by atoms with Gasteiger partial charge in [-0.25, -0.2) is 4.98 Å². The quantitative estimate of drug-likeness (QED) is 0.833. The normalized spacial score (nSPS) is 20.9. The average molecular weight is 232 g/mol. The van der Waals surface area contributed by atoms with Gasteiger partial charge in [-0.2, -0.15) is 0 Å². The van der Waals surface area contributed by atoms with Crippen LogP contribution < -0.4 is 5.32 Å². The fourth-order valence-electron chi connectivity index (χ4n) is 1.83. The van der Waals surface area contributed by atoms with Crippen molar-refractivity contribution in [3.63, 3.8) is 0 Å². The third-order valence-electron chi connectivity index (χ3n) is 2.81. The van der Waals surface area contributed by atoms with E-state index >= 15 is 0 Å². The van der Waals surface area contributed by atoms with E-state index in [0.717, 1.165) is 31.9 Å². The third kappa shape index (κ3) is 2.93. The lowest BCUT2D eigenvalue weighted by Crippen LogP contribution is -2.57. The number of hydrogen-bond acceptors (Lipinski definition) is 4. The minimum Gasteiger partial charge on any atom is -0.451 e. The molecule has 1 aromatic rings. The smallest absolute Gasteiger partial charge is 0.180 e. The molecule has 2 rings (SSSR count). The summed E-state index contributed by atoms with van der Waals surface area (Å²) in [4.78, 5) is 6.58. The molecule has 1 aliphatic heterocycles. The second-order valence-corrected chi connectivity index (χ2v) is 4.39. The van der Waals surface area contributed by atoms with Crippen molar-refractivity contribution in [2.75, 3.05) is 19.6 Å². The standard InChI is InChI=1S/C10H17N3O.ClH/c1-10(2)7-11-3-4-13(10)5-9-6-14-8-12-9;/h6,8,11H,3-5,7H2,1-2H3;1H. The Morgan fingerprint density at radius 3 is 3.00 bits per heavy atom. The van der Waals surface area contributed by atoms with Crippen LogP contribution >= 0.6 is 12.4 Å². The minimum absolute atomic E-state index is 0. The van der Waals surface area contributed by atoms with Crippen LogP contribution in [-0.2, 0) is 6.54 Å². The van der Waals surface area contributed by atoms with E-state index in [1.165, 1.54) is 6.39 Å². The Bertz CT molecular complexity index is 287. The molecule has 0 radical (unpaired) electrons. The van der Waals surface area contributed by atoms with E-state index in [4.69, 9.17) is 4.42 Å². The number of halogens is 1. The zero-order chi connectivity index (χ0) is 10.0. The van der Waals surface area contributed by atoms with Crippen LogP contribution in [0.25, 0.3) is 0 Å². The van der Waals surface area contributed by atoms with Crippen molar-refractivity contribution >= 4 is 12.4 Å². The number of piperazine rings is 1. The highest BCUT2D eigenvalue weighted by molar-refractivity contribution is 5.85. The van der Waals surface area contributed by atoms with Gasteiger partial charge in [0.05, 0.1) is 5.69 Å². The highest BCUT2D eigenvalue weighted by Crippen LogP contribution is 2.18. The van der Waals surface area contributed by atoms with Gasteiger partial charge in [0, 0.05) is 31.7 Å². The Hall–Kier alpha value is -0.580. The summed E-state index contributed by atoms with van der Waals surface area (Å²) in [6.07, 6.45) is 3.21. The van der Waals surface area contributed by atoms with Crippen molar-refractivity contribution in [2.45, 2.75) is 25.9 Å². The first kappa shape index (κ1) is 12.5. The van der Waals surface area contributed by atoms with Crippen molar-refractivity contribution in [3.8, 4) is 0 Å². The zero-order valence-electron chi connectivity index (χ0n) is 9.19. The summed E-state index contributed by atoms with van der Waals surface area (Å²) < 4.78 is 4.97. The first-order valence-corrected chi connectivity index (χ1v) is 5.01. The maximum Gasteiger partial charge on any atom is 0.180 e. The lowest BCUT2D eigenvalue weighted by atomic mass is 10.00. The fourth-order valence-corrected chi connectivity index (χ4v) is 1.83. The summed E-state index contributed by atoms with van der Waals surface area (Å²) >= 11 is 0.